The third-order valence-electron chi connectivity index (χ3n) is 0.808. The predicted molar refractivity (Wildman–Crippen MR) is 42.3 cm³/mol. The van der Waals surface area contributed by atoms with E-state index in [0.29, 0.717) is 6.61 Å². The summed E-state index contributed by atoms with van der Waals surface area (Å²) in [6.07, 6.45) is 0.00463. The minimum atomic E-state index is -0.125. The van der Waals surface area contributed by atoms with Gasteiger partial charge in [0.05, 0.1) is 25.9 Å². The second kappa shape index (κ2) is 12.5. The van der Waals surface area contributed by atoms with Crippen molar-refractivity contribution >= 4 is 0 Å². The molecule has 0 bridgehead atoms. The van der Waals surface area contributed by atoms with E-state index >= 15 is 0 Å². The SMILES string of the molecule is CCOC(C)CO.OCCO. The minimum absolute atomic E-state index is 0.00463. The lowest BCUT2D eigenvalue weighted by Crippen LogP contribution is -2.11. The quantitative estimate of drug-likeness (QED) is 0.520. The third kappa shape index (κ3) is 17.7. The molecular weight excluding hydrogens is 148 g/mol. The molecule has 0 aliphatic rings. The topological polar surface area (TPSA) is 69.9 Å². The Bertz CT molecular complexity index is 56.4. The second-order valence-electron chi connectivity index (χ2n) is 1.90. The van der Waals surface area contributed by atoms with E-state index in [1.165, 1.54) is 0 Å². The van der Waals surface area contributed by atoms with E-state index in [4.69, 9.17) is 20.1 Å². The Hall–Kier alpha value is -0.160. The maximum absolute atomic E-state index is 8.34. The molecule has 11 heavy (non-hydrogen) atoms. The molecule has 0 saturated carbocycles. The van der Waals surface area contributed by atoms with Gasteiger partial charge in [0.2, 0.25) is 0 Å². The minimum Gasteiger partial charge on any atom is -0.394 e. The van der Waals surface area contributed by atoms with Gasteiger partial charge < -0.3 is 20.1 Å². The van der Waals surface area contributed by atoms with Crippen LogP contribution in [0, 0.1) is 0 Å². The summed E-state index contributed by atoms with van der Waals surface area (Å²) >= 11 is 0. The molecule has 70 valence electrons. The zero-order valence-corrected chi connectivity index (χ0v) is 7.16. The van der Waals surface area contributed by atoms with Gasteiger partial charge in [-0.25, -0.2) is 0 Å². The van der Waals surface area contributed by atoms with E-state index in [1.807, 2.05) is 13.8 Å². The van der Waals surface area contributed by atoms with Crippen LogP contribution in [-0.2, 0) is 4.74 Å². The molecule has 0 saturated heterocycles. The maximum atomic E-state index is 8.34. The van der Waals surface area contributed by atoms with Crippen LogP contribution in [0.4, 0.5) is 0 Å². The zero-order chi connectivity index (χ0) is 9.11. The van der Waals surface area contributed by atoms with Crippen molar-refractivity contribution in [2.45, 2.75) is 20.0 Å². The van der Waals surface area contributed by atoms with Gasteiger partial charge in [-0.15, -0.1) is 0 Å². The highest BCUT2D eigenvalue weighted by Gasteiger charge is 1.93. The van der Waals surface area contributed by atoms with E-state index in [0.717, 1.165) is 0 Å². The Kier molecular flexibility index (Phi) is 15.3. The lowest BCUT2D eigenvalue weighted by molar-refractivity contribution is 0.0325. The van der Waals surface area contributed by atoms with Crippen LogP contribution in [0.5, 0.6) is 0 Å². The van der Waals surface area contributed by atoms with E-state index in [-0.39, 0.29) is 25.9 Å². The van der Waals surface area contributed by atoms with E-state index < -0.39 is 0 Å². The highest BCUT2D eigenvalue weighted by Crippen LogP contribution is 1.84. The molecule has 4 heteroatoms. The third-order valence-corrected chi connectivity index (χ3v) is 0.808. The summed E-state index contributed by atoms with van der Waals surface area (Å²) in [6.45, 7) is 4.30. The molecule has 0 radical (unpaired) electrons. The summed E-state index contributed by atoms with van der Waals surface area (Å²) in [5, 5.41) is 23.6. The molecule has 0 fully saturated rings. The first-order chi connectivity index (χ1) is 5.22. The lowest BCUT2D eigenvalue weighted by Gasteiger charge is -2.04. The Balaban J connectivity index is 0. The molecule has 0 amide bonds. The van der Waals surface area contributed by atoms with E-state index in [1.54, 1.807) is 0 Å². The summed E-state index contributed by atoms with van der Waals surface area (Å²) in [4.78, 5) is 0. The molecule has 0 rings (SSSR count). The van der Waals surface area contributed by atoms with Crippen molar-refractivity contribution in [1.29, 1.82) is 0 Å². The number of aliphatic hydroxyl groups excluding tert-OH is 3. The van der Waals surface area contributed by atoms with Gasteiger partial charge in [-0.1, -0.05) is 0 Å². The van der Waals surface area contributed by atoms with Crippen LogP contribution in [0.2, 0.25) is 0 Å². The largest absolute Gasteiger partial charge is 0.394 e. The van der Waals surface area contributed by atoms with Crippen LogP contribution in [0.15, 0.2) is 0 Å². The summed E-state index contributed by atoms with van der Waals surface area (Å²) in [7, 11) is 0. The first-order valence-electron chi connectivity index (χ1n) is 3.67. The Morgan fingerprint density at radius 2 is 1.64 bits per heavy atom. The van der Waals surface area contributed by atoms with Crippen molar-refractivity contribution in [1.82, 2.24) is 0 Å². The standard InChI is InChI=1S/C5H12O2.C2H6O2/c1-3-7-5(2)4-6;3-1-2-4/h5-6H,3-4H2,1-2H3;3-4H,1-2H2. The van der Waals surface area contributed by atoms with E-state index in [9.17, 15) is 0 Å². The molecular formula is C7H18O4. The summed E-state index contributed by atoms with van der Waals surface area (Å²) in [5.74, 6) is 0. The van der Waals surface area contributed by atoms with Crippen molar-refractivity contribution in [3.8, 4) is 0 Å². The van der Waals surface area contributed by atoms with Gasteiger partial charge in [-0.05, 0) is 13.8 Å². The van der Waals surface area contributed by atoms with Crippen molar-refractivity contribution in [2.24, 2.45) is 0 Å². The van der Waals surface area contributed by atoms with Gasteiger partial charge in [0.25, 0.3) is 0 Å². The zero-order valence-electron chi connectivity index (χ0n) is 7.16. The molecule has 1 atom stereocenters. The molecule has 0 spiro atoms. The van der Waals surface area contributed by atoms with Gasteiger partial charge in [0.15, 0.2) is 0 Å². The molecule has 0 aromatic carbocycles. The number of rotatable bonds is 4. The first-order valence-corrected chi connectivity index (χ1v) is 3.67. The lowest BCUT2D eigenvalue weighted by atomic mass is 10.4. The first kappa shape index (κ1) is 13.4. The molecule has 0 aromatic heterocycles. The van der Waals surface area contributed by atoms with Crippen LogP contribution in [0.25, 0.3) is 0 Å². The van der Waals surface area contributed by atoms with Crippen LogP contribution >= 0.6 is 0 Å². The fourth-order valence-corrected chi connectivity index (χ4v) is 0.337. The fraction of sp³-hybridized carbons (Fsp3) is 1.00. The maximum Gasteiger partial charge on any atom is 0.0777 e. The average Bonchev–Trinajstić information content (AvgIpc) is 2.05. The monoisotopic (exact) mass is 166 g/mol. The van der Waals surface area contributed by atoms with Gasteiger partial charge >= 0.3 is 0 Å². The molecule has 3 N–H and O–H groups in total. The van der Waals surface area contributed by atoms with Crippen LogP contribution in [0.1, 0.15) is 13.8 Å². The molecule has 1 unspecified atom stereocenters. The van der Waals surface area contributed by atoms with Gasteiger partial charge in [0.1, 0.15) is 0 Å². The highest BCUT2D eigenvalue weighted by molar-refractivity contribution is 4.40. The molecule has 0 aromatic rings. The number of hydrogen-bond donors (Lipinski definition) is 3. The van der Waals surface area contributed by atoms with Crippen LogP contribution < -0.4 is 0 Å². The number of ether oxygens (including phenoxy) is 1. The fourth-order valence-electron chi connectivity index (χ4n) is 0.337. The summed E-state index contributed by atoms with van der Waals surface area (Å²) in [5.41, 5.74) is 0. The van der Waals surface area contributed by atoms with Crippen molar-refractivity contribution in [3.05, 3.63) is 0 Å². The molecule has 0 heterocycles. The summed E-state index contributed by atoms with van der Waals surface area (Å²) < 4.78 is 4.94. The van der Waals surface area contributed by atoms with Crippen LogP contribution in [0.3, 0.4) is 0 Å². The van der Waals surface area contributed by atoms with Crippen molar-refractivity contribution in [3.63, 3.8) is 0 Å². The van der Waals surface area contributed by atoms with Gasteiger partial charge in [-0.3, -0.25) is 0 Å². The van der Waals surface area contributed by atoms with Gasteiger partial charge in [-0.2, -0.15) is 0 Å². The Labute approximate surface area is 67.4 Å². The van der Waals surface area contributed by atoms with E-state index in [2.05, 4.69) is 0 Å². The Morgan fingerprint density at radius 1 is 1.18 bits per heavy atom. The van der Waals surface area contributed by atoms with Crippen molar-refractivity contribution < 1.29 is 20.1 Å². The Morgan fingerprint density at radius 3 is 1.73 bits per heavy atom. The number of hydrogen-bond acceptors (Lipinski definition) is 4. The smallest absolute Gasteiger partial charge is 0.0777 e. The summed E-state index contributed by atoms with van der Waals surface area (Å²) in [6, 6.07) is 0. The van der Waals surface area contributed by atoms with Crippen molar-refractivity contribution in [2.75, 3.05) is 26.4 Å². The van der Waals surface area contributed by atoms with Crippen LogP contribution in [-0.4, -0.2) is 47.9 Å². The molecule has 4 nitrogen and oxygen atoms in total. The normalized spacial score (nSPS) is 11.7. The number of aliphatic hydroxyl groups is 3. The predicted octanol–water partition coefficient (Wildman–Crippen LogP) is -0.625. The second-order valence-corrected chi connectivity index (χ2v) is 1.90. The average molecular weight is 166 g/mol. The highest BCUT2D eigenvalue weighted by atomic mass is 16.5. The van der Waals surface area contributed by atoms with Gasteiger partial charge in [0, 0.05) is 6.61 Å². The molecule has 0 aliphatic carbocycles. The molecule has 0 aliphatic heterocycles.